The number of nitrogens with one attached hydrogen (secondary N) is 1. The van der Waals surface area contributed by atoms with Gasteiger partial charge in [0.25, 0.3) is 0 Å². The molecule has 8 heteroatoms. The Balaban J connectivity index is 2.17. The second-order valence-corrected chi connectivity index (χ2v) is 11.4. The SMILES string of the molecule is Cc1cccc(N(CCCC(=O)N(Cc2ccccc2C)[C@H](C)C(=O)NCC(C)C)S(C)(=O)=O)c1. The molecule has 0 bridgehead atoms. The van der Waals surface area contributed by atoms with E-state index in [0.29, 0.717) is 31.1 Å². The number of amides is 2. The lowest BCUT2D eigenvalue weighted by atomic mass is 10.1. The number of carbonyl (C=O) groups excluding carboxylic acids is 2. The van der Waals surface area contributed by atoms with Crippen LogP contribution < -0.4 is 9.62 Å². The van der Waals surface area contributed by atoms with Gasteiger partial charge in [-0.25, -0.2) is 8.42 Å². The molecular formula is C27H39N3O4S. The van der Waals surface area contributed by atoms with E-state index >= 15 is 0 Å². The predicted octanol–water partition coefficient (Wildman–Crippen LogP) is 4.04. The van der Waals surface area contributed by atoms with Gasteiger partial charge in [0.2, 0.25) is 21.8 Å². The number of hydrogen-bond donors (Lipinski definition) is 1. The zero-order valence-corrected chi connectivity index (χ0v) is 22.6. The maximum Gasteiger partial charge on any atom is 0.242 e. The van der Waals surface area contributed by atoms with Gasteiger partial charge in [0, 0.05) is 26.1 Å². The number of rotatable bonds is 12. The first-order valence-corrected chi connectivity index (χ1v) is 13.9. The van der Waals surface area contributed by atoms with Crippen LogP contribution in [-0.4, -0.2) is 50.5 Å². The molecule has 2 amide bonds. The molecule has 0 aromatic heterocycles. The number of anilines is 1. The number of carbonyl (C=O) groups is 2. The van der Waals surface area contributed by atoms with Gasteiger partial charge in [-0.05, 0) is 61.9 Å². The molecule has 1 atom stereocenters. The van der Waals surface area contributed by atoms with Gasteiger partial charge in [-0.15, -0.1) is 0 Å². The maximum atomic E-state index is 13.3. The van der Waals surface area contributed by atoms with Crippen molar-refractivity contribution in [2.45, 2.75) is 60.0 Å². The molecule has 0 saturated carbocycles. The molecule has 0 saturated heterocycles. The molecule has 0 aliphatic heterocycles. The van der Waals surface area contributed by atoms with Gasteiger partial charge in [0.1, 0.15) is 6.04 Å². The minimum Gasteiger partial charge on any atom is -0.354 e. The lowest BCUT2D eigenvalue weighted by molar-refractivity contribution is -0.140. The minimum atomic E-state index is -3.51. The first-order chi connectivity index (χ1) is 16.4. The van der Waals surface area contributed by atoms with Crippen LogP contribution in [-0.2, 0) is 26.2 Å². The summed E-state index contributed by atoms with van der Waals surface area (Å²) in [6.45, 7) is 10.7. The number of sulfonamides is 1. The third kappa shape index (κ3) is 8.69. The van der Waals surface area contributed by atoms with Crippen LogP contribution >= 0.6 is 0 Å². The minimum absolute atomic E-state index is 0.130. The molecule has 2 aromatic carbocycles. The average Bonchev–Trinajstić information content (AvgIpc) is 2.78. The molecule has 7 nitrogen and oxygen atoms in total. The molecule has 0 aliphatic carbocycles. The van der Waals surface area contributed by atoms with Crippen LogP contribution in [0.4, 0.5) is 5.69 Å². The van der Waals surface area contributed by atoms with Crippen molar-refractivity contribution >= 4 is 27.5 Å². The van der Waals surface area contributed by atoms with E-state index in [4.69, 9.17) is 0 Å². The Bertz CT molecular complexity index is 1110. The van der Waals surface area contributed by atoms with Crippen molar-refractivity contribution in [1.82, 2.24) is 10.2 Å². The van der Waals surface area contributed by atoms with Crippen LogP contribution in [0.1, 0.15) is 50.3 Å². The van der Waals surface area contributed by atoms with E-state index in [9.17, 15) is 18.0 Å². The van der Waals surface area contributed by atoms with Crippen LogP contribution in [0.3, 0.4) is 0 Å². The summed E-state index contributed by atoms with van der Waals surface area (Å²) in [5, 5.41) is 2.92. The van der Waals surface area contributed by atoms with Crippen LogP contribution in [0, 0.1) is 19.8 Å². The van der Waals surface area contributed by atoms with Gasteiger partial charge < -0.3 is 10.2 Å². The van der Waals surface area contributed by atoms with Crippen LogP contribution in [0.2, 0.25) is 0 Å². The van der Waals surface area contributed by atoms with Gasteiger partial charge in [0.15, 0.2) is 0 Å². The number of benzene rings is 2. The third-order valence-corrected chi connectivity index (χ3v) is 7.09. The fourth-order valence-electron chi connectivity index (χ4n) is 3.79. The Morgan fingerprint density at radius 1 is 1.00 bits per heavy atom. The van der Waals surface area contributed by atoms with E-state index in [0.717, 1.165) is 16.7 Å². The zero-order chi connectivity index (χ0) is 26.2. The fraction of sp³-hybridized carbons (Fsp3) is 0.481. The second kappa shape index (κ2) is 12.7. The molecule has 35 heavy (non-hydrogen) atoms. The average molecular weight is 502 g/mol. The van der Waals surface area contributed by atoms with E-state index in [-0.39, 0.29) is 24.8 Å². The molecule has 0 fully saturated rings. The lowest BCUT2D eigenvalue weighted by Crippen LogP contribution is -2.48. The second-order valence-electron chi connectivity index (χ2n) is 9.54. The fourth-order valence-corrected chi connectivity index (χ4v) is 4.75. The maximum absolute atomic E-state index is 13.3. The molecule has 0 radical (unpaired) electrons. The van der Waals surface area contributed by atoms with Crippen molar-refractivity contribution in [2.75, 3.05) is 23.7 Å². The topological polar surface area (TPSA) is 86.8 Å². The highest BCUT2D eigenvalue weighted by molar-refractivity contribution is 7.92. The van der Waals surface area contributed by atoms with E-state index in [1.165, 1.54) is 10.6 Å². The quantitative estimate of drug-likeness (QED) is 0.476. The van der Waals surface area contributed by atoms with E-state index in [1.807, 2.05) is 70.2 Å². The third-order valence-electron chi connectivity index (χ3n) is 5.90. The molecular weight excluding hydrogens is 462 g/mol. The lowest BCUT2D eigenvalue weighted by Gasteiger charge is -2.30. The van der Waals surface area contributed by atoms with E-state index < -0.39 is 16.1 Å². The highest BCUT2D eigenvalue weighted by Gasteiger charge is 2.27. The first kappa shape index (κ1) is 28.4. The number of nitrogens with zero attached hydrogens (tertiary/aromatic N) is 2. The Hall–Kier alpha value is -2.87. The molecule has 2 aromatic rings. The van der Waals surface area contributed by atoms with Crippen LogP contribution in [0.15, 0.2) is 48.5 Å². The van der Waals surface area contributed by atoms with Gasteiger partial charge in [-0.3, -0.25) is 13.9 Å². The smallest absolute Gasteiger partial charge is 0.242 e. The van der Waals surface area contributed by atoms with Crippen molar-refractivity contribution in [3.05, 3.63) is 65.2 Å². The molecule has 192 valence electrons. The summed E-state index contributed by atoms with van der Waals surface area (Å²) in [6, 6.07) is 14.4. The molecule has 0 heterocycles. The molecule has 2 rings (SSSR count). The Kier molecular flexibility index (Phi) is 10.3. The van der Waals surface area contributed by atoms with Crippen molar-refractivity contribution in [2.24, 2.45) is 5.92 Å². The first-order valence-electron chi connectivity index (χ1n) is 12.1. The molecule has 1 N–H and O–H groups in total. The molecule has 0 aliphatic rings. The largest absolute Gasteiger partial charge is 0.354 e. The number of aryl methyl sites for hydroxylation is 2. The normalized spacial score (nSPS) is 12.3. The summed E-state index contributed by atoms with van der Waals surface area (Å²) in [6.07, 6.45) is 1.64. The molecule has 0 unspecified atom stereocenters. The summed E-state index contributed by atoms with van der Waals surface area (Å²) in [5.74, 6) is -0.0773. The van der Waals surface area contributed by atoms with Crippen molar-refractivity contribution in [3.8, 4) is 0 Å². The monoisotopic (exact) mass is 501 g/mol. The van der Waals surface area contributed by atoms with Gasteiger partial charge in [-0.2, -0.15) is 0 Å². The van der Waals surface area contributed by atoms with Gasteiger partial charge in [0.05, 0.1) is 11.9 Å². The Morgan fingerprint density at radius 3 is 2.29 bits per heavy atom. The van der Waals surface area contributed by atoms with Gasteiger partial charge in [-0.1, -0.05) is 50.2 Å². The highest BCUT2D eigenvalue weighted by Crippen LogP contribution is 2.20. The summed E-state index contributed by atoms with van der Waals surface area (Å²) in [5.41, 5.74) is 3.56. The molecule has 0 spiro atoms. The zero-order valence-electron chi connectivity index (χ0n) is 21.7. The summed E-state index contributed by atoms with van der Waals surface area (Å²) in [7, 11) is -3.51. The summed E-state index contributed by atoms with van der Waals surface area (Å²) >= 11 is 0. The van der Waals surface area contributed by atoms with Crippen LogP contribution in [0.25, 0.3) is 0 Å². The van der Waals surface area contributed by atoms with Crippen molar-refractivity contribution in [1.29, 1.82) is 0 Å². The highest BCUT2D eigenvalue weighted by atomic mass is 32.2. The Morgan fingerprint density at radius 2 is 1.69 bits per heavy atom. The van der Waals surface area contributed by atoms with Crippen molar-refractivity contribution in [3.63, 3.8) is 0 Å². The number of hydrogen-bond acceptors (Lipinski definition) is 4. The van der Waals surface area contributed by atoms with E-state index in [2.05, 4.69) is 5.32 Å². The predicted molar refractivity (Wildman–Crippen MR) is 142 cm³/mol. The summed E-state index contributed by atoms with van der Waals surface area (Å²) < 4.78 is 26.2. The van der Waals surface area contributed by atoms with Gasteiger partial charge >= 0.3 is 0 Å². The van der Waals surface area contributed by atoms with E-state index in [1.54, 1.807) is 17.9 Å². The van der Waals surface area contributed by atoms with Crippen LogP contribution in [0.5, 0.6) is 0 Å². The Labute approximate surface area is 210 Å². The summed E-state index contributed by atoms with van der Waals surface area (Å²) in [4.78, 5) is 27.7. The standard InChI is InChI=1S/C27H39N3O4S/c1-20(2)18-28-27(32)23(5)29(19-24-13-8-7-12-22(24)4)26(31)15-10-16-30(35(6,33)34)25-14-9-11-21(3)17-25/h7-9,11-14,17,20,23H,10,15-16,18-19H2,1-6H3,(H,28,32)/t23-/m1/s1. The van der Waals surface area contributed by atoms with Crippen molar-refractivity contribution < 1.29 is 18.0 Å².